The molecule has 1 aromatic heterocycles. The summed E-state index contributed by atoms with van der Waals surface area (Å²) < 4.78 is 5.07. The van der Waals surface area contributed by atoms with Crippen molar-refractivity contribution in [3.63, 3.8) is 0 Å². The fourth-order valence-corrected chi connectivity index (χ4v) is 2.90. The lowest BCUT2D eigenvalue weighted by molar-refractivity contribution is -0.0532. The van der Waals surface area contributed by atoms with E-state index in [2.05, 4.69) is 27.9 Å². The molecule has 3 saturated heterocycles. The number of methoxy groups -OCH3 is 1. The SMILES string of the molecule is COc1ccc(CN2CC3CC(C2)N3C)cn1. The molecule has 1 aromatic rings. The first-order valence-electron chi connectivity index (χ1n) is 6.19. The van der Waals surface area contributed by atoms with Gasteiger partial charge >= 0.3 is 0 Å². The summed E-state index contributed by atoms with van der Waals surface area (Å²) in [6.07, 6.45) is 3.30. The molecule has 0 N–H and O–H groups in total. The van der Waals surface area contributed by atoms with E-state index in [1.54, 1.807) is 7.11 Å². The number of pyridine rings is 1. The van der Waals surface area contributed by atoms with Crippen molar-refractivity contribution in [2.75, 3.05) is 27.2 Å². The van der Waals surface area contributed by atoms with Crippen LogP contribution in [0, 0.1) is 0 Å². The van der Waals surface area contributed by atoms with Crippen molar-refractivity contribution in [1.82, 2.24) is 14.8 Å². The Bertz CT molecular complexity index is 380. The summed E-state index contributed by atoms with van der Waals surface area (Å²) in [5.41, 5.74) is 1.27. The minimum absolute atomic E-state index is 0.690. The average Bonchev–Trinajstić information content (AvgIpc) is 2.39. The first-order chi connectivity index (χ1) is 8.26. The lowest BCUT2D eigenvalue weighted by Gasteiger charge is -2.55. The molecule has 4 heterocycles. The van der Waals surface area contributed by atoms with E-state index in [1.165, 1.54) is 25.1 Å². The summed E-state index contributed by atoms with van der Waals surface area (Å²) in [5, 5.41) is 0. The van der Waals surface area contributed by atoms with Crippen LogP contribution in [0.2, 0.25) is 0 Å². The molecule has 17 heavy (non-hydrogen) atoms. The van der Waals surface area contributed by atoms with E-state index < -0.39 is 0 Å². The number of nitrogens with zero attached hydrogens (tertiary/aromatic N) is 3. The second-order valence-corrected chi connectivity index (χ2v) is 5.11. The van der Waals surface area contributed by atoms with Crippen LogP contribution in [-0.2, 0) is 6.54 Å². The predicted octanol–water partition coefficient (Wildman–Crippen LogP) is 0.978. The van der Waals surface area contributed by atoms with Crippen molar-refractivity contribution < 1.29 is 4.74 Å². The Kier molecular flexibility index (Phi) is 2.76. The van der Waals surface area contributed by atoms with E-state index in [0.717, 1.165) is 18.6 Å². The number of aromatic nitrogens is 1. The maximum atomic E-state index is 5.07. The molecule has 3 fully saturated rings. The molecule has 3 aliphatic heterocycles. The monoisotopic (exact) mass is 233 g/mol. The van der Waals surface area contributed by atoms with Gasteiger partial charge in [-0.15, -0.1) is 0 Å². The smallest absolute Gasteiger partial charge is 0.212 e. The minimum Gasteiger partial charge on any atom is -0.481 e. The highest BCUT2D eigenvalue weighted by atomic mass is 16.5. The van der Waals surface area contributed by atoms with Gasteiger partial charge in [0.25, 0.3) is 0 Å². The highest BCUT2D eigenvalue weighted by molar-refractivity contribution is 5.18. The van der Waals surface area contributed by atoms with Crippen LogP contribution < -0.4 is 4.74 Å². The van der Waals surface area contributed by atoms with Gasteiger partial charge in [-0.2, -0.15) is 0 Å². The van der Waals surface area contributed by atoms with Crippen molar-refractivity contribution in [3.05, 3.63) is 23.9 Å². The summed E-state index contributed by atoms with van der Waals surface area (Å²) >= 11 is 0. The number of ether oxygens (including phenoxy) is 1. The zero-order valence-electron chi connectivity index (χ0n) is 10.5. The molecular weight excluding hydrogens is 214 g/mol. The first-order valence-corrected chi connectivity index (χ1v) is 6.19. The quantitative estimate of drug-likeness (QED) is 0.778. The van der Waals surface area contributed by atoms with Crippen LogP contribution >= 0.6 is 0 Å². The number of piperazine rings is 1. The van der Waals surface area contributed by atoms with Crippen molar-refractivity contribution in [3.8, 4) is 5.88 Å². The van der Waals surface area contributed by atoms with E-state index in [0.29, 0.717) is 5.88 Å². The summed E-state index contributed by atoms with van der Waals surface area (Å²) in [4.78, 5) is 9.28. The largest absolute Gasteiger partial charge is 0.481 e. The van der Waals surface area contributed by atoms with Crippen LogP contribution in [0.4, 0.5) is 0 Å². The highest BCUT2D eigenvalue weighted by Gasteiger charge is 2.41. The molecule has 0 amide bonds. The van der Waals surface area contributed by atoms with E-state index in [4.69, 9.17) is 4.74 Å². The van der Waals surface area contributed by atoms with Gasteiger partial charge in [-0.1, -0.05) is 6.07 Å². The third-order valence-corrected chi connectivity index (χ3v) is 4.05. The van der Waals surface area contributed by atoms with Gasteiger partial charge in [-0.3, -0.25) is 9.80 Å². The molecule has 4 rings (SSSR count). The number of likely N-dealkylation sites (N-methyl/N-ethyl adjacent to an activating group) is 1. The summed E-state index contributed by atoms with van der Waals surface area (Å²) in [5.74, 6) is 0.690. The zero-order valence-corrected chi connectivity index (χ0v) is 10.5. The Morgan fingerprint density at radius 1 is 1.35 bits per heavy atom. The van der Waals surface area contributed by atoms with Gasteiger partial charge in [0.2, 0.25) is 5.88 Å². The molecule has 3 aliphatic rings. The molecule has 0 saturated carbocycles. The molecule has 2 atom stereocenters. The van der Waals surface area contributed by atoms with Gasteiger partial charge in [0, 0.05) is 44.0 Å². The molecule has 2 unspecified atom stereocenters. The lowest BCUT2D eigenvalue weighted by Crippen LogP contribution is -2.66. The molecule has 2 bridgehead atoms. The fraction of sp³-hybridized carbons (Fsp3) is 0.615. The van der Waals surface area contributed by atoms with Gasteiger partial charge in [0.1, 0.15) is 0 Å². The van der Waals surface area contributed by atoms with Gasteiger partial charge in [-0.25, -0.2) is 4.98 Å². The van der Waals surface area contributed by atoms with E-state index in [1.807, 2.05) is 12.3 Å². The summed E-state index contributed by atoms with van der Waals surface area (Å²) in [7, 11) is 3.89. The van der Waals surface area contributed by atoms with Gasteiger partial charge in [0.15, 0.2) is 0 Å². The molecule has 4 heteroatoms. The Morgan fingerprint density at radius 2 is 2.12 bits per heavy atom. The van der Waals surface area contributed by atoms with E-state index >= 15 is 0 Å². The van der Waals surface area contributed by atoms with Gasteiger partial charge < -0.3 is 4.74 Å². The molecule has 4 nitrogen and oxygen atoms in total. The van der Waals surface area contributed by atoms with Crippen LogP contribution in [-0.4, -0.2) is 54.1 Å². The fourth-order valence-electron chi connectivity index (χ4n) is 2.90. The number of fused-ring (bicyclic) bond motifs is 2. The van der Waals surface area contributed by atoms with Gasteiger partial charge in [-0.05, 0) is 19.0 Å². The number of hydrogen-bond acceptors (Lipinski definition) is 4. The molecule has 0 radical (unpaired) electrons. The Labute approximate surface area is 102 Å². The summed E-state index contributed by atoms with van der Waals surface area (Å²) in [6, 6.07) is 5.60. The van der Waals surface area contributed by atoms with Crippen molar-refractivity contribution in [1.29, 1.82) is 0 Å². The van der Waals surface area contributed by atoms with Crippen molar-refractivity contribution >= 4 is 0 Å². The first kappa shape index (κ1) is 11.0. The second-order valence-electron chi connectivity index (χ2n) is 5.11. The Balaban J connectivity index is 1.60. The normalized spacial score (nSPS) is 28.8. The third kappa shape index (κ3) is 2.03. The van der Waals surface area contributed by atoms with Crippen LogP contribution in [0.15, 0.2) is 18.3 Å². The van der Waals surface area contributed by atoms with Crippen molar-refractivity contribution in [2.24, 2.45) is 0 Å². The number of piperidine rings is 1. The Hall–Kier alpha value is -1.13. The van der Waals surface area contributed by atoms with Crippen LogP contribution in [0.25, 0.3) is 0 Å². The maximum Gasteiger partial charge on any atom is 0.212 e. The molecule has 0 aromatic carbocycles. The second kappa shape index (κ2) is 4.27. The summed E-state index contributed by atoms with van der Waals surface area (Å²) in [6.45, 7) is 3.40. The Morgan fingerprint density at radius 3 is 2.65 bits per heavy atom. The van der Waals surface area contributed by atoms with E-state index in [-0.39, 0.29) is 0 Å². The number of hydrogen-bond donors (Lipinski definition) is 0. The number of rotatable bonds is 3. The maximum absolute atomic E-state index is 5.07. The standard InChI is InChI=1S/C13H19N3O/c1-15-11-5-12(15)9-16(8-11)7-10-3-4-13(17-2)14-6-10/h3-4,6,11-12H,5,7-9H2,1-2H3. The predicted molar refractivity (Wildman–Crippen MR) is 66.0 cm³/mol. The van der Waals surface area contributed by atoms with E-state index in [9.17, 15) is 0 Å². The molecular formula is C13H19N3O. The zero-order chi connectivity index (χ0) is 11.8. The molecule has 0 spiro atoms. The molecule has 92 valence electrons. The van der Waals surface area contributed by atoms with Crippen molar-refractivity contribution in [2.45, 2.75) is 25.0 Å². The third-order valence-electron chi connectivity index (χ3n) is 4.05. The minimum atomic E-state index is 0.690. The molecule has 0 aliphatic carbocycles. The topological polar surface area (TPSA) is 28.6 Å². The van der Waals surface area contributed by atoms with Gasteiger partial charge in [0.05, 0.1) is 7.11 Å². The van der Waals surface area contributed by atoms with Crippen LogP contribution in [0.1, 0.15) is 12.0 Å². The highest BCUT2D eigenvalue weighted by Crippen LogP contribution is 2.30. The van der Waals surface area contributed by atoms with Crippen LogP contribution in [0.3, 0.4) is 0 Å². The lowest BCUT2D eigenvalue weighted by atomic mass is 9.88. The van der Waals surface area contributed by atoms with Crippen LogP contribution in [0.5, 0.6) is 5.88 Å². The average molecular weight is 233 g/mol.